The van der Waals surface area contributed by atoms with Crippen molar-refractivity contribution in [1.29, 1.82) is 0 Å². The zero-order chi connectivity index (χ0) is 24.3. The normalized spacial score (nSPS) is 19.7. The molecule has 3 rings (SSSR count). The minimum atomic E-state index is -1.32. The number of ether oxygens (including phenoxy) is 1. The maximum absolute atomic E-state index is 12.4. The zero-order valence-corrected chi connectivity index (χ0v) is 18.3. The Morgan fingerprint density at radius 3 is 2.47 bits per heavy atom. The molecule has 12 nitrogen and oxygen atoms in total. The van der Waals surface area contributed by atoms with Gasteiger partial charge in [-0.2, -0.15) is 0 Å². The number of benzene rings is 1. The summed E-state index contributed by atoms with van der Waals surface area (Å²) in [6.07, 6.45) is -0.903. The van der Waals surface area contributed by atoms with Gasteiger partial charge in [-0.15, -0.1) is 11.8 Å². The Hall–Kier alpha value is -2.58. The van der Waals surface area contributed by atoms with Gasteiger partial charge < -0.3 is 26.0 Å². The number of nitrogens with zero attached hydrogens (tertiary/aromatic N) is 1. The molecule has 1 aromatic carbocycles. The molecule has 2 aliphatic rings. The van der Waals surface area contributed by atoms with Crippen molar-refractivity contribution in [2.24, 2.45) is 5.73 Å². The van der Waals surface area contributed by atoms with Crippen LogP contribution in [0.15, 0.2) is 35.5 Å². The number of fused-ring (bicyclic) bond motifs is 1. The molecule has 34 heavy (non-hydrogen) atoms. The number of thioether (sulfide) groups is 1. The number of nitrogens with two attached hydrogens (primary N) is 1. The summed E-state index contributed by atoms with van der Waals surface area (Å²) in [6.45, 7) is 1.17. The number of aliphatic carboxylic acids is 2. The average molecular weight is 502 g/mol. The van der Waals surface area contributed by atoms with Gasteiger partial charge in [0.15, 0.2) is 0 Å². The number of nitrogens with one attached hydrogen (secondary N) is 2. The van der Waals surface area contributed by atoms with Crippen LogP contribution in [0.3, 0.4) is 0 Å². The first-order valence-corrected chi connectivity index (χ1v) is 10.8. The Bertz CT molecular complexity index is 1030. The second-order valence-electron chi connectivity index (χ2n) is 7.43. The third-order valence-corrected chi connectivity index (χ3v) is 6.38. The van der Waals surface area contributed by atoms with E-state index in [0.717, 1.165) is 0 Å². The van der Waals surface area contributed by atoms with Crippen LogP contribution in [0, 0.1) is 0 Å². The van der Waals surface area contributed by atoms with Gasteiger partial charge in [-0.05, 0) is 30.2 Å². The first-order chi connectivity index (χ1) is 15.6. The fourth-order valence-corrected chi connectivity index (χ4v) is 4.57. The van der Waals surface area contributed by atoms with E-state index in [4.69, 9.17) is 15.6 Å². The number of carbonyl (C=O) groups is 5. The molecule has 178 valence electrons. The Labute approximate surface area is 220 Å². The van der Waals surface area contributed by atoms with Gasteiger partial charge in [0.25, 0.3) is 5.91 Å². The number of carboxylic acids is 2. The van der Waals surface area contributed by atoms with Gasteiger partial charge in [0, 0.05) is 11.4 Å². The molecule has 2 aliphatic heterocycles. The number of anilines is 1. The summed E-state index contributed by atoms with van der Waals surface area (Å²) >= 11 is 1.39. The molecular formula is C20H23N4NaO8S. The SMILES string of the molecule is CC1=C(C(=O)O)N2C(=O)[C@@H](NC(=O)Cc3ccc(NC(=O)OC[C@@H](N)C(=O)O)cc3)[C@H]2SC1.[NaH]. The van der Waals surface area contributed by atoms with Crippen LogP contribution in [0.1, 0.15) is 12.5 Å². The first-order valence-electron chi connectivity index (χ1n) is 9.76. The van der Waals surface area contributed by atoms with Gasteiger partial charge >= 0.3 is 47.6 Å². The molecule has 3 atom stereocenters. The van der Waals surface area contributed by atoms with Gasteiger partial charge in [-0.25, -0.2) is 9.59 Å². The molecule has 1 saturated heterocycles. The molecule has 0 aliphatic carbocycles. The van der Waals surface area contributed by atoms with Crippen LogP contribution in [0.5, 0.6) is 0 Å². The first kappa shape index (κ1) is 27.7. The number of hydrogen-bond acceptors (Lipinski definition) is 8. The van der Waals surface area contributed by atoms with E-state index >= 15 is 0 Å². The Balaban J connectivity index is 0.00000408. The van der Waals surface area contributed by atoms with Crippen molar-refractivity contribution in [3.05, 3.63) is 41.1 Å². The van der Waals surface area contributed by atoms with Crippen molar-refractivity contribution < 1.29 is 38.9 Å². The van der Waals surface area contributed by atoms with E-state index in [1.807, 2.05) is 0 Å². The monoisotopic (exact) mass is 502 g/mol. The van der Waals surface area contributed by atoms with Crippen LogP contribution >= 0.6 is 11.8 Å². The van der Waals surface area contributed by atoms with Crippen molar-refractivity contribution >= 4 is 76.9 Å². The van der Waals surface area contributed by atoms with E-state index < -0.39 is 53.9 Å². The molecular weight excluding hydrogens is 479 g/mol. The molecule has 0 unspecified atom stereocenters. The zero-order valence-electron chi connectivity index (χ0n) is 17.4. The van der Waals surface area contributed by atoms with Crippen LogP contribution < -0.4 is 16.4 Å². The van der Waals surface area contributed by atoms with E-state index in [0.29, 0.717) is 22.6 Å². The van der Waals surface area contributed by atoms with Crippen LogP contribution in [-0.2, 0) is 30.3 Å². The maximum atomic E-state index is 12.4. The molecule has 0 saturated carbocycles. The number of amides is 3. The standard InChI is InChI=1S/C20H22N4O8S.Na.H/c1-9-8-33-17-14(16(26)24(17)15(9)19(29)30)23-13(25)6-10-2-4-11(5-3-10)22-20(31)32-7-12(21)18(27)28;;/h2-5,12,14,17H,6-8,21H2,1H3,(H,22,31)(H,23,25)(H,27,28)(H,29,30);;/t12-,14-,17-;;/m1../s1. The summed E-state index contributed by atoms with van der Waals surface area (Å²) < 4.78 is 4.71. The molecule has 0 radical (unpaired) electrons. The summed E-state index contributed by atoms with van der Waals surface area (Å²) in [6, 6.07) is 4.13. The second kappa shape index (κ2) is 11.7. The predicted octanol–water partition coefficient (Wildman–Crippen LogP) is -0.700. The molecule has 6 N–H and O–H groups in total. The average Bonchev–Trinajstić information content (AvgIpc) is 2.76. The molecule has 1 aromatic rings. The van der Waals surface area contributed by atoms with E-state index in [2.05, 4.69) is 10.6 Å². The summed E-state index contributed by atoms with van der Waals surface area (Å²) in [4.78, 5) is 59.8. The number of rotatable bonds is 8. The van der Waals surface area contributed by atoms with Crippen molar-refractivity contribution in [3.63, 3.8) is 0 Å². The number of carbonyl (C=O) groups excluding carboxylic acids is 3. The summed E-state index contributed by atoms with van der Waals surface area (Å²) in [5, 5.41) is 22.6. The van der Waals surface area contributed by atoms with Gasteiger partial charge in [0.2, 0.25) is 5.91 Å². The molecule has 0 spiro atoms. The number of carboxylic acid groups (broad SMARTS) is 2. The molecule has 0 bridgehead atoms. The van der Waals surface area contributed by atoms with Gasteiger partial charge in [-0.1, -0.05) is 12.1 Å². The minimum absolute atomic E-state index is 0. The van der Waals surface area contributed by atoms with Gasteiger partial charge in [0.1, 0.15) is 29.8 Å². The topological polar surface area (TPSA) is 188 Å². The van der Waals surface area contributed by atoms with Gasteiger partial charge in [0.05, 0.1) is 6.42 Å². The van der Waals surface area contributed by atoms with E-state index in [9.17, 15) is 29.1 Å². The van der Waals surface area contributed by atoms with Crippen molar-refractivity contribution in [2.75, 3.05) is 17.7 Å². The van der Waals surface area contributed by atoms with Crippen LogP contribution in [0.25, 0.3) is 0 Å². The van der Waals surface area contributed by atoms with Crippen molar-refractivity contribution in [1.82, 2.24) is 10.2 Å². The van der Waals surface area contributed by atoms with Crippen molar-refractivity contribution in [2.45, 2.75) is 30.8 Å². The Kier molecular flexibility index (Phi) is 9.53. The summed E-state index contributed by atoms with van der Waals surface area (Å²) in [5.41, 5.74) is 6.80. The molecule has 0 aromatic heterocycles. The predicted molar refractivity (Wildman–Crippen MR) is 123 cm³/mol. The number of hydrogen-bond donors (Lipinski definition) is 5. The molecule has 2 heterocycles. The fourth-order valence-electron chi connectivity index (χ4n) is 3.28. The van der Waals surface area contributed by atoms with Crippen LogP contribution in [-0.4, -0.2) is 104 Å². The fraction of sp³-hybridized carbons (Fsp3) is 0.350. The van der Waals surface area contributed by atoms with E-state index in [-0.39, 0.29) is 41.7 Å². The van der Waals surface area contributed by atoms with Gasteiger partial charge in [-0.3, -0.25) is 24.6 Å². The molecule has 1 fully saturated rings. The summed E-state index contributed by atoms with van der Waals surface area (Å²) in [5.74, 6) is -2.87. The van der Waals surface area contributed by atoms with Crippen LogP contribution in [0.4, 0.5) is 10.5 Å². The molecule has 3 amide bonds. The second-order valence-corrected chi connectivity index (χ2v) is 8.54. The quantitative estimate of drug-likeness (QED) is 0.225. The Morgan fingerprint density at radius 2 is 1.88 bits per heavy atom. The van der Waals surface area contributed by atoms with E-state index in [1.54, 1.807) is 19.1 Å². The van der Waals surface area contributed by atoms with Crippen LogP contribution in [0.2, 0.25) is 0 Å². The molecule has 14 heteroatoms. The third kappa shape index (κ3) is 6.30. The van der Waals surface area contributed by atoms with E-state index in [1.165, 1.54) is 28.8 Å². The number of β-lactam (4-membered cyclic amide) rings is 1. The Morgan fingerprint density at radius 1 is 1.24 bits per heavy atom. The third-order valence-electron chi connectivity index (χ3n) is 4.95. The van der Waals surface area contributed by atoms with Crippen molar-refractivity contribution in [3.8, 4) is 0 Å². The summed E-state index contributed by atoms with van der Waals surface area (Å²) in [7, 11) is 0.